The highest BCUT2D eigenvalue weighted by Gasteiger charge is 2.63. The second-order valence-electron chi connectivity index (χ2n) is 15.9. The lowest BCUT2D eigenvalue weighted by atomic mass is 9.49. The summed E-state index contributed by atoms with van der Waals surface area (Å²) < 4.78 is 37.0. The van der Waals surface area contributed by atoms with Gasteiger partial charge in [-0.2, -0.15) is 0 Å². The third kappa shape index (κ3) is 8.98. The molecule has 0 spiro atoms. The monoisotopic (exact) mass is 800 g/mol. The van der Waals surface area contributed by atoms with Crippen LogP contribution in [0.3, 0.4) is 0 Å². The minimum atomic E-state index is -0.476. The van der Waals surface area contributed by atoms with Crippen molar-refractivity contribution in [3.05, 3.63) is 75.7 Å². The SMILES string of the molecule is C.CC1(C)OB(B2OC(C)(C)C(C)(C)O2)OC1(C)C.CC1(C)OB(c2ccc3cnc(Cl)cc3c2)OC1(C)C.Clc1cc2cc(Br)ccc2cn1. The zero-order chi connectivity index (χ0) is 37.1. The first-order chi connectivity index (χ1) is 22.9. The third-order valence-electron chi connectivity index (χ3n) is 10.7. The van der Waals surface area contributed by atoms with Crippen LogP contribution in [0.2, 0.25) is 10.3 Å². The molecule has 0 saturated carbocycles. The molecule has 0 N–H and O–H groups in total. The van der Waals surface area contributed by atoms with Gasteiger partial charge in [0.15, 0.2) is 0 Å². The van der Waals surface area contributed by atoms with Gasteiger partial charge in [-0.05, 0) is 124 Å². The van der Waals surface area contributed by atoms with Crippen molar-refractivity contribution in [2.45, 2.75) is 124 Å². The van der Waals surface area contributed by atoms with Crippen LogP contribution in [0.25, 0.3) is 21.5 Å². The molecule has 0 radical (unpaired) electrons. The number of rotatable bonds is 2. The van der Waals surface area contributed by atoms with Crippen molar-refractivity contribution in [1.82, 2.24) is 9.97 Å². The van der Waals surface area contributed by atoms with Crippen LogP contribution >= 0.6 is 39.1 Å². The highest BCUT2D eigenvalue weighted by Crippen LogP contribution is 2.43. The summed E-state index contributed by atoms with van der Waals surface area (Å²) in [5, 5.41) is 5.31. The normalized spacial score (nSPS) is 21.8. The summed E-state index contributed by atoms with van der Waals surface area (Å²) in [6.45, 7) is 24.4. The molecule has 0 amide bonds. The standard InChI is InChI=1S/C15H17BClNO2.C12H24B2O4.C9H5BrClN.CH4/c1-14(2)15(3,4)20-16(19-14)12-6-5-10-9-18-13(17)8-11(10)7-12;1-9(2)10(3,4)16-13(15-9)14-17-11(5,6)12(7,8)18-14;10-8-2-1-6-5-12-9(11)4-7(6)3-8;/h5-9H,1-4H3;1-8H3;1-5H;1H4. The van der Waals surface area contributed by atoms with E-state index in [0.29, 0.717) is 10.3 Å². The van der Waals surface area contributed by atoms with Crippen LogP contribution in [0.4, 0.5) is 0 Å². The summed E-state index contributed by atoms with van der Waals surface area (Å²) >= 11 is 15.1. The maximum Gasteiger partial charge on any atom is 0.494 e. The van der Waals surface area contributed by atoms with Crippen molar-refractivity contribution >= 4 is 87.3 Å². The largest absolute Gasteiger partial charge is 0.494 e. The van der Waals surface area contributed by atoms with E-state index in [9.17, 15) is 0 Å². The number of hydrogen-bond donors (Lipinski definition) is 0. The van der Waals surface area contributed by atoms with Gasteiger partial charge in [0.1, 0.15) is 10.3 Å². The van der Waals surface area contributed by atoms with Crippen LogP contribution in [0, 0.1) is 0 Å². The minimum Gasteiger partial charge on any atom is -0.405 e. The Morgan fingerprint density at radius 2 is 0.843 bits per heavy atom. The lowest BCUT2D eigenvalue weighted by Crippen LogP contribution is -2.41. The zero-order valence-electron chi connectivity index (χ0n) is 31.0. The average Bonchev–Trinajstić information content (AvgIpc) is 3.46. The first kappa shape index (κ1) is 42.0. The smallest absolute Gasteiger partial charge is 0.405 e. The van der Waals surface area contributed by atoms with Gasteiger partial charge in [-0.3, -0.25) is 0 Å². The number of aromatic nitrogens is 2. The van der Waals surface area contributed by atoms with Crippen LogP contribution in [-0.4, -0.2) is 64.7 Å². The molecule has 8 nitrogen and oxygen atoms in total. The number of pyridine rings is 2. The predicted octanol–water partition coefficient (Wildman–Crippen LogP) is 9.72. The van der Waals surface area contributed by atoms with Gasteiger partial charge < -0.3 is 27.9 Å². The molecule has 5 heterocycles. The first-order valence-electron chi connectivity index (χ1n) is 16.7. The van der Waals surface area contributed by atoms with Crippen molar-refractivity contribution in [1.29, 1.82) is 0 Å². The van der Waals surface area contributed by atoms with Crippen molar-refractivity contribution in [3.8, 4) is 0 Å². The van der Waals surface area contributed by atoms with E-state index in [1.165, 1.54) is 0 Å². The molecule has 51 heavy (non-hydrogen) atoms. The topological polar surface area (TPSA) is 81.2 Å². The van der Waals surface area contributed by atoms with Crippen molar-refractivity contribution in [3.63, 3.8) is 0 Å². The lowest BCUT2D eigenvalue weighted by Gasteiger charge is -2.32. The lowest BCUT2D eigenvalue weighted by molar-refractivity contribution is 0.00578. The van der Waals surface area contributed by atoms with Crippen LogP contribution < -0.4 is 5.46 Å². The van der Waals surface area contributed by atoms with Crippen LogP contribution in [-0.2, 0) is 27.9 Å². The maximum atomic E-state index is 6.06. The predicted molar refractivity (Wildman–Crippen MR) is 216 cm³/mol. The molecule has 3 saturated heterocycles. The van der Waals surface area contributed by atoms with Crippen LogP contribution in [0.15, 0.2) is 65.4 Å². The van der Waals surface area contributed by atoms with E-state index < -0.39 is 14.0 Å². The fraction of sp³-hybridized carbons (Fsp3) is 0.514. The Kier molecular flexibility index (Phi) is 12.2. The van der Waals surface area contributed by atoms with Gasteiger partial charge >= 0.3 is 21.1 Å². The summed E-state index contributed by atoms with van der Waals surface area (Å²) in [4.78, 5) is 8.07. The molecule has 274 valence electrons. The Labute approximate surface area is 323 Å². The fourth-order valence-corrected chi connectivity index (χ4v) is 6.05. The highest BCUT2D eigenvalue weighted by atomic mass is 79.9. The number of nitrogens with zero attached hydrogens (tertiary/aromatic N) is 2. The molecular formula is C37H50B3BrCl2N2O6. The van der Waals surface area contributed by atoms with Crippen molar-refractivity contribution in [2.75, 3.05) is 0 Å². The minimum absolute atomic E-state index is 0. The Balaban J connectivity index is 0.000000175. The molecule has 2 aromatic heterocycles. The van der Waals surface area contributed by atoms with Gasteiger partial charge in [-0.15, -0.1) is 0 Å². The van der Waals surface area contributed by atoms with Crippen LogP contribution in [0.5, 0.6) is 0 Å². The van der Waals surface area contributed by atoms with E-state index in [1.807, 2.05) is 104 Å². The molecule has 3 aliphatic rings. The number of fused-ring (bicyclic) bond motifs is 2. The molecule has 0 atom stereocenters. The van der Waals surface area contributed by atoms with Gasteiger partial charge in [0.05, 0.1) is 33.6 Å². The van der Waals surface area contributed by atoms with E-state index in [2.05, 4.69) is 53.6 Å². The Bertz CT molecular complexity index is 1760. The van der Waals surface area contributed by atoms with Gasteiger partial charge in [0.2, 0.25) is 0 Å². The molecule has 14 heteroatoms. The molecule has 0 unspecified atom stereocenters. The summed E-state index contributed by atoms with van der Waals surface area (Å²) in [6, 6.07) is 15.8. The molecule has 7 rings (SSSR count). The second-order valence-corrected chi connectivity index (χ2v) is 17.6. The van der Waals surface area contributed by atoms with Gasteiger partial charge in [-0.25, -0.2) is 9.97 Å². The number of benzene rings is 2. The van der Waals surface area contributed by atoms with Crippen LogP contribution in [0.1, 0.15) is 90.5 Å². The maximum absolute atomic E-state index is 6.06. The number of hydrogen-bond acceptors (Lipinski definition) is 8. The quantitative estimate of drug-likeness (QED) is 0.147. The molecule has 0 bridgehead atoms. The average molecular weight is 802 g/mol. The molecule has 2 aromatic carbocycles. The molecular weight excluding hydrogens is 752 g/mol. The molecule has 3 fully saturated rings. The summed E-state index contributed by atoms with van der Waals surface area (Å²) in [5.74, 6) is 0. The molecule has 0 aliphatic carbocycles. The fourth-order valence-electron chi connectivity index (χ4n) is 5.34. The molecule has 3 aliphatic heterocycles. The highest BCUT2D eigenvalue weighted by molar-refractivity contribution is 9.10. The van der Waals surface area contributed by atoms with Gasteiger partial charge in [-0.1, -0.05) is 70.8 Å². The van der Waals surface area contributed by atoms with E-state index in [0.717, 1.165) is 31.5 Å². The van der Waals surface area contributed by atoms with E-state index >= 15 is 0 Å². The van der Waals surface area contributed by atoms with Crippen molar-refractivity contribution in [2.24, 2.45) is 0 Å². The zero-order valence-corrected chi connectivity index (χ0v) is 34.1. The Morgan fingerprint density at radius 1 is 0.490 bits per heavy atom. The summed E-state index contributed by atoms with van der Waals surface area (Å²) in [5.41, 5.74) is -1.10. The van der Waals surface area contributed by atoms with Crippen molar-refractivity contribution < 1.29 is 27.9 Å². The summed E-state index contributed by atoms with van der Waals surface area (Å²) in [6.07, 6.45) is 3.54. The van der Waals surface area contributed by atoms with Gasteiger partial charge in [0.25, 0.3) is 0 Å². The van der Waals surface area contributed by atoms with E-state index in [1.54, 1.807) is 12.4 Å². The number of halogens is 3. The molecule has 4 aromatic rings. The van der Waals surface area contributed by atoms with E-state index in [-0.39, 0.29) is 48.2 Å². The Morgan fingerprint density at radius 3 is 1.25 bits per heavy atom. The summed E-state index contributed by atoms with van der Waals surface area (Å²) in [7, 11) is -1.30. The van der Waals surface area contributed by atoms with E-state index in [4.69, 9.17) is 51.1 Å². The van der Waals surface area contributed by atoms with Gasteiger partial charge in [0, 0.05) is 27.6 Å². The third-order valence-corrected chi connectivity index (χ3v) is 11.6. The Hall–Kier alpha value is -1.73. The second kappa shape index (κ2) is 14.8. The first-order valence-corrected chi connectivity index (χ1v) is 18.3.